The van der Waals surface area contributed by atoms with Gasteiger partial charge in [-0.1, -0.05) is 18.2 Å². The average molecular weight is 309 g/mol. The fourth-order valence-corrected chi connectivity index (χ4v) is 2.40. The van der Waals surface area contributed by atoms with Gasteiger partial charge in [-0.25, -0.2) is 4.39 Å². The number of hydrogen-bond donors (Lipinski definition) is 0. The fourth-order valence-electron chi connectivity index (χ4n) is 2.40. The molecule has 0 radical (unpaired) electrons. The van der Waals surface area contributed by atoms with Gasteiger partial charge in [-0.2, -0.15) is 0 Å². The van der Waals surface area contributed by atoms with Crippen LogP contribution >= 0.6 is 0 Å². The molecule has 2 aromatic carbocycles. The Labute approximate surface area is 134 Å². The largest absolute Gasteiger partial charge is 0.493 e. The van der Waals surface area contributed by atoms with Crippen LogP contribution in [-0.2, 0) is 0 Å². The Bertz CT molecular complexity index is 857. The molecule has 0 amide bonds. The molecule has 0 N–H and O–H groups in total. The minimum atomic E-state index is -0.248. The molecule has 1 aromatic heterocycles. The fraction of sp³-hybridized carbons (Fsp3) is 0.105. The standard InChI is InChI=1S/C19H16FNO2/c1-22-18-11-14-9-10-21-17(16(14)12-19(18)23-2)8-5-13-3-6-15(20)7-4-13/h3-12H,1-2H3. The summed E-state index contributed by atoms with van der Waals surface area (Å²) >= 11 is 0. The third-order valence-electron chi connectivity index (χ3n) is 3.60. The second-order valence-electron chi connectivity index (χ2n) is 5.01. The van der Waals surface area contributed by atoms with Gasteiger partial charge in [-0.05, 0) is 47.4 Å². The highest BCUT2D eigenvalue weighted by Gasteiger charge is 2.08. The van der Waals surface area contributed by atoms with E-state index in [1.807, 2.05) is 30.4 Å². The van der Waals surface area contributed by atoms with Gasteiger partial charge in [0.25, 0.3) is 0 Å². The Morgan fingerprint density at radius 1 is 0.913 bits per heavy atom. The van der Waals surface area contributed by atoms with Gasteiger partial charge in [0.2, 0.25) is 0 Å². The zero-order valence-electron chi connectivity index (χ0n) is 12.9. The van der Waals surface area contributed by atoms with Crippen molar-refractivity contribution in [1.82, 2.24) is 4.98 Å². The summed E-state index contributed by atoms with van der Waals surface area (Å²) in [6.45, 7) is 0. The van der Waals surface area contributed by atoms with E-state index in [0.717, 1.165) is 22.0 Å². The number of fused-ring (bicyclic) bond motifs is 1. The molecule has 0 unspecified atom stereocenters. The van der Waals surface area contributed by atoms with E-state index in [1.54, 1.807) is 32.5 Å². The van der Waals surface area contributed by atoms with Crippen molar-refractivity contribution in [2.45, 2.75) is 0 Å². The molecule has 0 fully saturated rings. The smallest absolute Gasteiger partial charge is 0.161 e. The van der Waals surface area contributed by atoms with E-state index in [9.17, 15) is 4.39 Å². The maximum absolute atomic E-state index is 13.0. The quantitative estimate of drug-likeness (QED) is 0.708. The van der Waals surface area contributed by atoms with Crippen LogP contribution in [0.1, 0.15) is 11.3 Å². The van der Waals surface area contributed by atoms with Crippen LogP contribution in [0.3, 0.4) is 0 Å². The number of benzene rings is 2. The van der Waals surface area contributed by atoms with Gasteiger partial charge >= 0.3 is 0 Å². The summed E-state index contributed by atoms with van der Waals surface area (Å²) in [5.41, 5.74) is 1.72. The lowest BCUT2D eigenvalue weighted by Gasteiger charge is -2.10. The molecule has 116 valence electrons. The van der Waals surface area contributed by atoms with Crippen molar-refractivity contribution in [3.8, 4) is 11.5 Å². The van der Waals surface area contributed by atoms with Crippen LogP contribution in [0.4, 0.5) is 4.39 Å². The second kappa shape index (κ2) is 6.48. The van der Waals surface area contributed by atoms with Gasteiger partial charge < -0.3 is 9.47 Å². The van der Waals surface area contributed by atoms with Crippen molar-refractivity contribution in [3.05, 3.63) is 65.7 Å². The summed E-state index contributed by atoms with van der Waals surface area (Å²) in [6, 6.07) is 12.1. The van der Waals surface area contributed by atoms with E-state index in [0.29, 0.717) is 11.5 Å². The van der Waals surface area contributed by atoms with Gasteiger partial charge in [0.1, 0.15) is 5.82 Å². The Kier molecular flexibility index (Phi) is 4.24. The van der Waals surface area contributed by atoms with Gasteiger partial charge in [0, 0.05) is 11.6 Å². The lowest BCUT2D eigenvalue weighted by atomic mass is 10.1. The Morgan fingerprint density at radius 3 is 2.30 bits per heavy atom. The average Bonchev–Trinajstić information content (AvgIpc) is 2.60. The first-order valence-corrected chi connectivity index (χ1v) is 7.15. The zero-order valence-corrected chi connectivity index (χ0v) is 12.9. The van der Waals surface area contributed by atoms with E-state index < -0.39 is 0 Å². The Hall–Kier alpha value is -2.88. The van der Waals surface area contributed by atoms with Crippen LogP contribution in [0.25, 0.3) is 22.9 Å². The van der Waals surface area contributed by atoms with E-state index >= 15 is 0 Å². The number of pyridine rings is 1. The molecular weight excluding hydrogens is 293 g/mol. The zero-order chi connectivity index (χ0) is 16.2. The van der Waals surface area contributed by atoms with Crippen LogP contribution in [0.15, 0.2) is 48.7 Å². The summed E-state index contributed by atoms with van der Waals surface area (Å²) in [4.78, 5) is 4.41. The highest BCUT2D eigenvalue weighted by Crippen LogP contribution is 2.33. The van der Waals surface area contributed by atoms with Crippen LogP contribution in [-0.4, -0.2) is 19.2 Å². The number of methoxy groups -OCH3 is 2. The third-order valence-corrected chi connectivity index (χ3v) is 3.60. The molecule has 4 heteroatoms. The second-order valence-corrected chi connectivity index (χ2v) is 5.01. The molecule has 0 saturated heterocycles. The summed E-state index contributed by atoms with van der Waals surface area (Å²) in [6.07, 6.45) is 5.55. The molecule has 0 aliphatic rings. The molecule has 0 aliphatic heterocycles. The number of hydrogen-bond acceptors (Lipinski definition) is 3. The normalized spacial score (nSPS) is 11.1. The highest BCUT2D eigenvalue weighted by molar-refractivity contribution is 5.93. The van der Waals surface area contributed by atoms with E-state index in [4.69, 9.17) is 9.47 Å². The maximum atomic E-state index is 13.0. The molecule has 1 heterocycles. The summed E-state index contributed by atoms with van der Waals surface area (Å²) < 4.78 is 23.6. The summed E-state index contributed by atoms with van der Waals surface area (Å²) in [5.74, 6) is 1.09. The lowest BCUT2D eigenvalue weighted by molar-refractivity contribution is 0.356. The topological polar surface area (TPSA) is 31.4 Å². The SMILES string of the molecule is COc1cc2ccnc(C=Cc3ccc(F)cc3)c2cc1OC. The first kappa shape index (κ1) is 15.0. The summed E-state index contributed by atoms with van der Waals surface area (Å²) in [5, 5.41) is 1.97. The van der Waals surface area contributed by atoms with Crippen molar-refractivity contribution in [3.63, 3.8) is 0 Å². The number of aromatic nitrogens is 1. The molecule has 0 saturated carbocycles. The molecule has 0 atom stereocenters. The molecule has 0 aliphatic carbocycles. The minimum absolute atomic E-state index is 0.248. The molecule has 3 nitrogen and oxygen atoms in total. The minimum Gasteiger partial charge on any atom is -0.493 e. The van der Waals surface area contributed by atoms with Crippen molar-refractivity contribution < 1.29 is 13.9 Å². The van der Waals surface area contributed by atoms with Crippen molar-refractivity contribution >= 4 is 22.9 Å². The maximum Gasteiger partial charge on any atom is 0.161 e. The number of ether oxygens (including phenoxy) is 2. The predicted molar refractivity (Wildman–Crippen MR) is 90.2 cm³/mol. The van der Waals surface area contributed by atoms with Gasteiger partial charge in [0.05, 0.1) is 19.9 Å². The number of nitrogens with zero attached hydrogens (tertiary/aromatic N) is 1. The van der Waals surface area contributed by atoms with Gasteiger partial charge in [-0.3, -0.25) is 4.98 Å². The Morgan fingerprint density at radius 2 is 1.61 bits per heavy atom. The molecular formula is C19H16FNO2. The van der Waals surface area contributed by atoms with Crippen molar-refractivity contribution in [2.24, 2.45) is 0 Å². The molecule has 0 spiro atoms. The lowest BCUT2D eigenvalue weighted by Crippen LogP contribution is -1.92. The Balaban J connectivity index is 2.05. The molecule has 23 heavy (non-hydrogen) atoms. The number of halogens is 1. The third kappa shape index (κ3) is 3.16. The van der Waals surface area contributed by atoms with Gasteiger partial charge in [0.15, 0.2) is 11.5 Å². The van der Waals surface area contributed by atoms with Crippen LogP contribution in [0, 0.1) is 5.82 Å². The van der Waals surface area contributed by atoms with E-state index in [2.05, 4.69) is 4.98 Å². The van der Waals surface area contributed by atoms with Crippen molar-refractivity contribution in [1.29, 1.82) is 0 Å². The molecule has 3 rings (SSSR count). The first-order valence-electron chi connectivity index (χ1n) is 7.15. The van der Waals surface area contributed by atoms with Crippen LogP contribution in [0.5, 0.6) is 11.5 Å². The highest BCUT2D eigenvalue weighted by atomic mass is 19.1. The molecule has 0 bridgehead atoms. The first-order chi connectivity index (χ1) is 11.2. The van der Waals surface area contributed by atoms with Gasteiger partial charge in [-0.15, -0.1) is 0 Å². The summed E-state index contributed by atoms with van der Waals surface area (Å²) in [7, 11) is 3.22. The monoisotopic (exact) mass is 309 g/mol. The number of rotatable bonds is 4. The van der Waals surface area contributed by atoms with Crippen molar-refractivity contribution in [2.75, 3.05) is 14.2 Å². The van der Waals surface area contributed by atoms with Crippen LogP contribution < -0.4 is 9.47 Å². The molecule has 3 aromatic rings. The van der Waals surface area contributed by atoms with E-state index in [-0.39, 0.29) is 5.82 Å². The van der Waals surface area contributed by atoms with E-state index in [1.165, 1.54) is 12.1 Å². The van der Waals surface area contributed by atoms with Crippen LogP contribution in [0.2, 0.25) is 0 Å². The predicted octanol–water partition coefficient (Wildman–Crippen LogP) is 4.56.